The summed E-state index contributed by atoms with van der Waals surface area (Å²) < 4.78 is 40.7. The van der Waals surface area contributed by atoms with Crippen molar-refractivity contribution >= 4 is 63.4 Å². The first-order valence-corrected chi connectivity index (χ1v) is 23.1. The standard InChI is InChI=1S/C49H52F2N10O8/c50-30-23-28(24-31(51)26-30)22-29-25-35(46(52)64)43(55-32-10-18-68-19-11-32)42(44-33-4-1-2-6-36(33)57-58-44)45(29)60-16-14-59(15-17-60)27-40(63)54-13-21-69-20-12-53-37-7-3-5-34-41(37)49(67)61(48(34)66)38-8-9-39(62)56-47(38)65/h1-7,23-26,32,38,53,55H,8-22,27H2,(H2,52,64)(H,54,63)(H,57,58)(H,56,62,65). The van der Waals surface area contributed by atoms with Gasteiger partial charge in [0, 0.05) is 82.1 Å². The minimum Gasteiger partial charge on any atom is -0.382 e. The predicted octanol–water partition coefficient (Wildman–Crippen LogP) is 3.56. The number of fused-ring (bicyclic) bond motifs is 2. The number of carbonyl (C=O) groups excluding carboxylic acids is 6. The van der Waals surface area contributed by atoms with Crippen LogP contribution in [0.15, 0.2) is 66.7 Å². The van der Waals surface area contributed by atoms with Gasteiger partial charge in [-0.1, -0.05) is 24.3 Å². The van der Waals surface area contributed by atoms with Crippen molar-refractivity contribution < 1.29 is 47.0 Å². The van der Waals surface area contributed by atoms with Gasteiger partial charge in [-0.25, -0.2) is 8.78 Å². The zero-order valence-corrected chi connectivity index (χ0v) is 37.7. The molecule has 3 fully saturated rings. The van der Waals surface area contributed by atoms with Crippen LogP contribution in [0.2, 0.25) is 0 Å². The van der Waals surface area contributed by atoms with Gasteiger partial charge >= 0.3 is 0 Å². The van der Waals surface area contributed by atoms with Crippen molar-refractivity contribution in [3.8, 4) is 11.3 Å². The lowest BCUT2D eigenvalue weighted by atomic mass is 9.90. The Morgan fingerprint density at radius 1 is 0.870 bits per heavy atom. The molecule has 0 radical (unpaired) electrons. The van der Waals surface area contributed by atoms with E-state index in [1.54, 1.807) is 18.2 Å². The van der Waals surface area contributed by atoms with Gasteiger partial charge in [-0.2, -0.15) is 5.10 Å². The fourth-order valence-corrected chi connectivity index (χ4v) is 9.61. The largest absolute Gasteiger partial charge is 0.382 e. The summed E-state index contributed by atoms with van der Waals surface area (Å²) in [6.07, 6.45) is 1.56. The molecule has 4 aliphatic heterocycles. The highest BCUT2D eigenvalue weighted by atomic mass is 19.1. The molecule has 1 aromatic heterocycles. The number of aromatic amines is 1. The van der Waals surface area contributed by atoms with E-state index in [0.717, 1.165) is 27.6 Å². The Labute approximate surface area is 395 Å². The summed E-state index contributed by atoms with van der Waals surface area (Å²) in [6.45, 7) is 4.10. The van der Waals surface area contributed by atoms with Crippen LogP contribution in [-0.2, 0) is 30.3 Å². The number of benzene rings is 4. The van der Waals surface area contributed by atoms with Crippen LogP contribution in [0.25, 0.3) is 22.2 Å². The molecular formula is C49H52F2N10O8. The van der Waals surface area contributed by atoms with E-state index in [0.29, 0.717) is 86.0 Å². The van der Waals surface area contributed by atoms with Crippen LogP contribution in [0.3, 0.4) is 0 Å². The Balaban J connectivity index is 0.844. The minimum absolute atomic E-state index is 0.0254. The number of piperazine rings is 1. The summed E-state index contributed by atoms with van der Waals surface area (Å²) in [4.78, 5) is 82.4. The van der Waals surface area contributed by atoms with Crippen molar-refractivity contribution in [1.82, 2.24) is 30.6 Å². The fraction of sp³-hybridized carbons (Fsp3) is 0.367. The van der Waals surface area contributed by atoms with Crippen LogP contribution in [0, 0.1) is 11.6 Å². The normalized spacial score (nSPS) is 17.9. The number of amides is 6. The monoisotopic (exact) mass is 946 g/mol. The minimum atomic E-state index is -1.07. The lowest BCUT2D eigenvalue weighted by molar-refractivity contribution is -0.136. The van der Waals surface area contributed by atoms with E-state index in [2.05, 4.69) is 31.3 Å². The highest BCUT2D eigenvalue weighted by Crippen LogP contribution is 2.46. The first kappa shape index (κ1) is 46.8. The summed E-state index contributed by atoms with van der Waals surface area (Å²) in [6, 6.07) is 16.5. The first-order chi connectivity index (χ1) is 33.4. The molecule has 4 aromatic carbocycles. The number of nitrogens with two attached hydrogens (primary N) is 1. The Kier molecular flexibility index (Phi) is 13.9. The maximum Gasteiger partial charge on any atom is 0.264 e. The average Bonchev–Trinajstić information content (AvgIpc) is 3.86. The number of hydrogen-bond donors (Lipinski definition) is 6. The smallest absolute Gasteiger partial charge is 0.264 e. The van der Waals surface area contributed by atoms with Gasteiger partial charge in [0.15, 0.2) is 0 Å². The molecule has 4 aliphatic rings. The van der Waals surface area contributed by atoms with E-state index in [-0.39, 0.29) is 80.7 Å². The second-order valence-corrected chi connectivity index (χ2v) is 17.5. The Morgan fingerprint density at radius 2 is 1.62 bits per heavy atom. The number of carbonyl (C=O) groups is 6. The molecule has 5 aromatic rings. The molecule has 0 bridgehead atoms. The van der Waals surface area contributed by atoms with Crippen molar-refractivity contribution in [2.75, 3.05) is 87.8 Å². The van der Waals surface area contributed by atoms with Crippen molar-refractivity contribution in [1.29, 1.82) is 0 Å². The summed E-state index contributed by atoms with van der Waals surface area (Å²) in [5.41, 5.74) is 11.3. The highest BCUT2D eigenvalue weighted by Gasteiger charge is 2.45. The topological polar surface area (TPSA) is 233 Å². The summed E-state index contributed by atoms with van der Waals surface area (Å²) in [5.74, 6) is -4.64. The summed E-state index contributed by atoms with van der Waals surface area (Å²) >= 11 is 0. The van der Waals surface area contributed by atoms with Crippen molar-refractivity contribution in [3.63, 3.8) is 0 Å². The number of imide groups is 2. The Morgan fingerprint density at radius 3 is 2.38 bits per heavy atom. The average molecular weight is 947 g/mol. The van der Waals surface area contributed by atoms with E-state index in [1.807, 2.05) is 29.2 Å². The molecule has 3 saturated heterocycles. The lowest BCUT2D eigenvalue weighted by Crippen LogP contribution is -2.54. The van der Waals surface area contributed by atoms with Crippen molar-refractivity contribution in [2.45, 2.75) is 44.2 Å². The maximum atomic E-state index is 14.6. The molecule has 0 saturated carbocycles. The molecule has 7 N–H and O–H groups in total. The molecule has 9 rings (SSSR count). The van der Waals surface area contributed by atoms with Gasteiger partial charge in [-0.15, -0.1) is 0 Å². The van der Waals surface area contributed by atoms with Gasteiger partial charge in [-0.05, 0) is 73.2 Å². The number of halogens is 2. The Bertz CT molecular complexity index is 2800. The highest BCUT2D eigenvalue weighted by molar-refractivity contribution is 6.25. The van der Waals surface area contributed by atoms with Crippen LogP contribution in [-0.4, -0.2) is 140 Å². The molecule has 1 unspecified atom stereocenters. The number of anilines is 3. The van der Waals surface area contributed by atoms with Gasteiger partial charge < -0.3 is 36.1 Å². The number of rotatable bonds is 17. The summed E-state index contributed by atoms with van der Waals surface area (Å²) in [7, 11) is 0. The van der Waals surface area contributed by atoms with Crippen LogP contribution in [0.5, 0.6) is 0 Å². The van der Waals surface area contributed by atoms with Crippen molar-refractivity contribution in [2.24, 2.45) is 5.73 Å². The van der Waals surface area contributed by atoms with E-state index >= 15 is 0 Å². The maximum absolute atomic E-state index is 14.6. The third-order valence-corrected chi connectivity index (χ3v) is 12.9. The number of nitrogens with zero attached hydrogens (tertiary/aromatic N) is 4. The molecule has 360 valence electrons. The fourth-order valence-electron chi connectivity index (χ4n) is 9.61. The predicted molar refractivity (Wildman–Crippen MR) is 251 cm³/mol. The molecular weight excluding hydrogens is 895 g/mol. The van der Waals surface area contributed by atoms with Gasteiger partial charge in [0.05, 0.1) is 58.9 Å². The van der Waals surface area contributed by atoms with E-state index in [9.17, 15) is 37.5 Å². The van der Waals surface area contributed by atoms with E-state index in [4.69, 9.17) is 20.3 Å². The van der Waals surface area contributed by atoms with E-state index in [1.165, 1.54) is 18.2 Å². The van der Waals surface area contributed by atoms with Gasteiger partial charge in [0.25, 0.3) is 17.7 Å². The van der Waals surface area contributed by atoms with E-state index < -0.39 is 47.2 Å². The molecule has 18 nitrogen and oxygen atoms in total. The number of aromatic nitrogens is 2. The van der Waals surface area contributed by atoms with Crippen LogP contribution in [0.4, 0.5) is 25.8 Å². The second-order valence-electron chi connectivity index (χ2n) is 17.5. The van der Waals surface area contributed by atoms with Crippen molar-refractivity contribution in [3.05, 3.63) is 106 Å². The Hall–Kier alpha value is -7.29. The molecule has 1 atom stereocenters. The zero-order valence-electron chi connectivity index (χ0n) is 37.7. The van der Waals surface area contributed by atoms with Gasteiger partial charge in [0.2, 0.25) is 17.7 Å². The summed E-state index contributed by atoms with van der Waals surface area (Å²) in [5, 5.41) is 20.6. The first-order valence-electron chi connectivity index (χ1n) is 23.1. The zero-order chi connectivity index (χ0) is 48.2. The third kappa shape index (κ3) is 10.1. The second kappa shape index (κ2) is 20.5. The van der Waals surface area contributed by atoms with Gasteiger partial charge in [0.1, 0.15) is 23.4 Å². The van der Waals surface area contributed by atoms with Crippen LogP contribution in [0.1, 0.15) is 67.9 Å². The van der Waals surface area contributed by atoms with Crippen LogP contribution >= 0.6 is 0 Å². The number of para-hydroxylation sites is 1. The number of H-pyrrole nitrogens is 1. The SMILES string of the molecule is NC(=O)c1cc(Cc2cc(F)cc(F)c2)c(N2CCN(CC(=O)NCCOCCNc3cccc4c3C(=O)N(C3CCC(=O)NC3=O)C4=O)CC2)c(-c2n[nH]c3ccccc23)c1NC1CCOCC1. The molecule has 0 spiro atoms. The third-order valence-electron chi connectivity index (χ3n) is 12.9. The molecule has 0 aliphatic carbocycles. The number of nitrogens with one attached hydrogen (secondary N) is 5. The number of primary amides is 1. The molecule has 69 heavy (non-hydrogen) atoms. The lowest BCUT2D eigenvalue weighted by Gasteiger charge is -2.39. The molecule has 6 amide bonds. The quantitative estimate of drug-likeness (QED) is 0.0579. The van der Waals surface area contributed by atoms with Gasteiger partial charge in [-0.3, -0.25) is 49.0 Å². The number of hydrogen-bond acceptors (Lipinski definition) is 13. The number of piperidine rings is 1. The molecule has 5 heterocycles. The van der Waals surface area contributed by atoms with Crippen LogP contribution < -0.4 is 31.9 Å². The number of ether oxygens (including phenoxy) is 2. The molecule has 20 heteroatoms.